The van der Waals surface area contributed by atoms with E-state index in [-0.39, 0.29) is 24.2 Å². The molecule has 0 fully saturated rings. The third kappa shape index (κ3) is 6.00. The maximum absolute atomic E-state index is 12.9. The van der Waals surface area contributed by atoms with Gasteiger partial charge in [0.2, 0.25) is 11.8 Å². The fraction of sp³-hybridized carbons (Fsp3) is 0.263. The number of amides is 2. The van der Waals surface area contributed by atoms with Gasteiger partial charge in [0.05, 0.1) is 12.6 Å². The molecule has 25 heavy (non-hydrogen) atoms. The Kier molecular flexibility index (Phi) is 6.65. The molecule has 0 saturated carbocycles. The Morgan fingerprint density at radius 3 is 2.36 bits per heavy atom. The number of rotatable bonds is 7. The third-order valence-electron chi connectivity index (χ3n) is 3.87. The van der Waals surface area contributed by atoms with Gasteiger partial charge in [-0.05, 0) is 43.8 Å². The zero-order valence-electron chi connectivity index (χ0n) is 14.3. The molecular formula is C19H22FN3O2. The van der Waals surface area contributed by atoms with E-state index in [1.165, 1.54) is 24.3 Å². The van der Waals surface area contributed by atoms with Crippen molar-refractivity contribution in [3.8, 4) is 0 Å². The largest absolute Gasteiger partial charge is 0.351 e. The molecule has 2 rings (SSSR count). The molecule has 132 valence electrons. The summed E-state index contributed by atoms with van der Waals surface area (Å²) in [6.45, 7) is 2.24. The molecule has 0 unspecified atom stereocenters. The van der Waals surface area contributed by atoms with E-state index < -0.39 is 6.04 Å². The highest BCUT2D eigenvalue weighted by atomic mass is 19.1. The van der Waals surface area contributed by atoms with E-state index in [1.807, 2.05) is 30.3 Å². The summed E-state index contributed by atoms with van der Waals surface area (Å²) in [7, 11) is 1.71. The van der Waals surface area contributed by atoms with E-state index in [4.69, 9.17) is 0 Å². The lowest BCUT2D eigenvalue weighted by Gasteiger charge is -2.23. The van der Waals surface area contributed by atoms with Crippen LogP contribution in [0.4, 0.5) is 10.1 Å². The van der Waals surface area contributed by atoms with Crippen LogP contribution in [-0.2, 0) is 16.1 Å². The monoisotopic (exact) mass is 343 g/mol. The lowest BCUT2D eigenvalue weighted by atomic mass is 10.2. The fourth-order valence-electron chi connectivity index (χ4n) is 2.23. The van der Waals surface area contributed by atoms with Crippen LogP contribution < -0.4 is 10.6 Å². The predicted molar refractivity (Wildman–Crippen MR) is 95.4 cm³/mol. The van der Waals surface area contributed by atoms with Gasteiger partial charge in [0.1, 0.15) is 5.82 Å². The molecule has 0 saturated heterocycles. The van der Waals surface area contributed by atoms with E-state index in [0.717, 1.165) is 5.56 Å². The van der Waals surface area contributed by atoms with Crippen LogP contribution in [0.3, 0.4) is 0 Å². The zero-order chi connectivity index (χ0) is 18.2. The van der Waals surface area contributed by atoms with Crippen molar-refractivity contribution >= 4 is 17.5 Å². The minimum atomic E-state index is -0.456. The molecule has 0 aliphatic carbocycles. The van der Waals surface area contributed by atoms with Crippen molar-refractivity contribution in [3.05, 3.63) is 66.0 Å². The van der Waals surface area contributed by atoms with Crippen LogP contribution in [0.5, 0.6) is 0 Å². The molecule has 0 aromatic heterocycles. The third-order valence-corrected chi connectivity index (χ3v) is 3.87. The summed E-state index contributed by atoms with van der Waals surface area (Å²) in [5, 5.41) is 5.53. The highest BCUT2D eigenvalue weighted by molar-refractivity contribution is 5.92. The van der Waals surface area contributed by atoms with Crippen LogP contribution in [0.1, 0.15) is 12.5 Å². The van der Waals surface area contributed by atoms with Crippen molar-refractivity contribution in [3.63, 3.8) is 0 Å². The second-order valence-electron chi connectivity index (χ2n) is 5.85. The minimum absolute atomic E-state index is 0.0529. The highest BCUT2D eigenvalue weighted by Crippen LogP contribution is 2.08. The number of nitrogens with one attached hydrogen (secondary N) is 2. The summed E-state index contributed by atoms with van der Waals surface area (Å²) in [4.78, 5) is 25.9. The van der Waals surface area contributed by atoms with Crippen molar-refractivity contribution in [2.24, 2.45) is 0 Å². The molecule has 2 N–H and O–H groups in total. The van der Waals surface area contributed by atoms with E-state index in [1.54, 1.807) is 18.9 Å². The summed E-state index contributed by atoms with van der Waals surface area (Å²) >= 11 is 0. The Bertz CT molecular complexity index is 704. The van der Waals surface area contributed by atoms with Gasteiger partial charge in [0, 0.05) is 12.2 Å². The Hall–Kier alpha value is -2.73. The van der Waals surface area contributed by atoms with Crippen molar-refractivity contribution in [2.45, 2.75) is 19.5 Å². The first-order chi connectivity index (χ1) is 12.0. The van der Waals surface area contributed by atoms with Gasteiger partial charge in [0.15, 0.2) is 0 Å². The lowest BCUT2D eigenvalue weighted by molar-refractivity contribution is -0.126. The number of anilines is 1. The first kappa shape index (κ1) is 18.6. The smallest absolute Gasteiger partial charge is 0.238 e. The normalized spacial score (nSPS) is 11.8. The molecule has 1 atom stereocenters. The molecule has 2 aromatic carbocycles. The maximum atomic E-state index is 12.9. The second kappa shape index (κ2) is 8.94. The van der Waals surface area contributed by atoms with E-state index >= 15 is 0 Å². The van der Waals surface area contributed by atoms with E-state index in [0.29, 0.717) is 12.2 Å². The van der Waals surface area contributed by atoms with E-state index in [9.17, 15) is 14.0 Å². The van der Waals surface area contributed by atoms with Gasteiger partial charge in [0.25, 0.3) is 0 Å². The Morgan fingerprint density at radius 2 is 1.72 bits per heavy atom. The summed E-state index contributed by atoms with van der Waals surface area (Å²) in [5.74, 6) is -0.781. The van der Waals surface area contributed by atoms with E-state index in [2.05, 4.69) is 10.6 Å². The molecule has 2 aromatic rings. The Balaban J connectivity index is 1.80. The SMILES string of the molecule is C[C@@H](C(=O)NCc1ccccc1)N(C)CC(=O)Nc1ccc(F)cc1. The standard InChI is InChI=1S/C19H22FN3O2/c1-14(19(25)21-12-15-6-4-3-5-7-15)23(2)13-18(24)22-17-10-8-16(20)9-11-17/h3-11,14H,12-13H2,1-2H3,(H,21,25)(H,22,24)/t14-/m0/s1. The molecule has 5 nitrogen and oxygen atoms in total. The number of nitrogens with zero attached hydrogens (tertiary/aromatic N) is 1. The first-order valence-corrected chi connectivity index (χ1v) is 8.03. The molecule has 0 aliphatic rings. The summed E-state index contributed by atoms with van der Waals surface area (Å²) < 4.78 is 12.9. The van der Waals surface area contributed by atoms with Crippen molar-refractivity contribution in [1.29, 1.82) is 0 Å². The van der Waals surface area contributed by atoms with Crippen molar-refractivity contribution in [2.75, 3.05) is 18.9 Å². The van der Waals surface area contributed by atoms with Crippen molar-refractivity contribution < 1.29 is 14.0 Å². The topological polar surface area (TPSA) is 61.4 Å². The van der Waals surface area contributed by atoms with Gasteiger partial charge in [-0.15, -0.1) is 0 Å². The van der Waals surface area contributed by atoms with Gasteiger partial charge in [-0.25, -0.2) is 4.39 Å². The number of benzene rings is 2. The van der Waals surface area contributed by atoms with Crippen LogP contribution in [0.25, 0.3) is 0 Å². The highest BCUT2D eigenvalue weighted by Gasteiger charge is 2.19. The number of likely N-dealkylation sites (N-methyl/N-ethyl adjacent to an activating group) is 1. The summed E-state index contributed by atoms with van der Waals surface area (Å²) in [6.07, 6.45) is 0. The molecule has 0 radical (unpaired) electrons. The van der Waals surface area contributed by atoms with Gasteiger partial charge in [-0.2, -0.15) is 0 Å². The fourth-order valence-corrected chi connectivity index (χ4v) is 2.23. The van der Waals surface area contributed by atoms with Gasteiger partial charge < -0.3 is 10.6 Å². The number of hydrogen-bond donors (Lipinski definition) is 2. The number of halogens is 1. The Morgan fingerprint density at radius 1 is 1.08 bits per heavy atom. The Labute approximate surface area is 146 Å². The number of carbonyl (C=O) groups is 2. The molecule has 0 aliphatic heterocycles. The second-order valence-corrected chi connectivity index (χ2v) is 5.85. The average molecular weight is 343 g/mol. The van der Waals surface area contributed by atoms with Crippen LogP contribution in [-0.4, -0.2) is 36.3 Å². The summed E-state index contributed by atoms with van der Waals surface area (Å²) in [5.41, 5.74) is 1.53. The quantitative estimate of drug-likeness (QED) is 0.811. The molecule has 2 amide bonds. The van der Waals surface area contributed by atoms with Crippen LogP contribution in [0, 0.1) is 5.82 Å². The van der Waals surface area contributed by atoms with Crippen LogP contribution >= 0.6 is 0 Å². The molecule has 0 heterocycles. The van der Waals surface area contributed by atoms with Gasteiger partial charge >= 0.3 is 0 Å². The van der Waals surface area contributed by atoms with Gasteiger partial charge in [-0.3, -0.25) is 14.5 Å². The minimum Gasteiger partial charge on any atom is -0.351 e. The molecule has 6 heteroatoms. The maximum Gasteiger partial charge on any atom is 0.238 e. The van der Waals surface area contributed by atoms with Crippen LogP contribution in [0.15, 0.2) is 54.6 Å². The number of hydrogen-bond acceptors (Lipinski definition) is 3. The molecular weight excluding hydrogens is 321 g/mol. The molecule has 0 bridgehead atoms. The average Bonchev–Trinajstić information content (AvgIpc) is 2.61. The zero-order valence-corrected chi connectivity index (χ0v) is 14.3. The van der Waals surface area contributed by atoms with Gasteiger partial charge in [-0.1, -0.05) is 30.3 Å². The summed E-state index contributed by atoms with van der Waals surface area (Å²) in [6, 6.07) is 14.7. The first-order valence-electron chi connectivity index (χ1n) is 8.03. The predicted octanol–water partition coefficient (Wildman–Crippen LogP) is 2.40. The molecule has 0 spiro atoms. The number of carbonyl (C=O) groups excluding carboxylic acids is 2. The van der Waals surface area contributed by atoms with Crippen LogP contribution in [0.2, 0.25) is 0 Å². The lowest BCUT2D eigenvalue weighted by Crippen LogP contribution is -2.45. The van der Waals surface area contributed by atoms with Crippen molar-refractivity contribution in [1.82, 2.24) is 10.2 Å².